The number of esters is 2. The number of rotatable bonds is 39. The van der Waals surface area contributed by atoms with Crippen LogP contribution in [0.2, 0.25) is 0 Å². The highest BCUT2D eigenvalue weighted by Gasteiger charge is 2.25. The van der Waals surface area contributed by atoms with Crippen LogP contribution in [0.1, 0.15) is 168 Å². The van der Waals surface area contributed by atoms with E-state index < -0.39 is 32.5 Å². The maximum atomic E-state index is 12.5. The van der Waals surface area contributed by atoms with Crippen molar-refractivity contribution in [3.63, 3.8) is 0 Å². The first-order valence-corrected chi connectivity index (χ1v) is 22.9. The van der Waals surface area contributed by atoms with E-state index >= 15 is 0 Å². The highest BCUT2D eigenvalue weighted by molar-refractivity contribution is 7.47. The van der Waals surface area contributed by atoms with Crippen LogP contribution in [0.3, 0.4) is 0 Å². The Morgan fingerprint density at radius 3 is 1.56 bits per heavy atom. The van der Waals surface area contributed by atoms with Gasteiger partial charge in [0.1, 0.15) is 6.61 Å². The van der Waals surface area contributed by atoms with Gasteiger partial charge in [-0.3, -0.25) is 18.6 Å². The van der Waals surface area contributed by atoms with Gasteiger partial charge in [-0.25, -0.2) is 4.57 Å². The Morgan fingerprint density at radius 1 is 0.564 bits per heavy atom. The van der Waals surface area contributed by atoms with Crippen LogP contribution in [-0.2, 0) is 32.7 Å². The van der Waals surface area contributed by atoms with Crippen LogP contribution in [0.4, 0.5) is 0 Å². The molecule has 0 aromatic heterocycles. The zero-order chi connectivity index (χ0) is 40.3. The van der Waals surface area contributed by atoms with Crippen molar-refractivity contribution in [1.29, 1.82) is 0 Å². The molecular formula is C45H78NO8P. The molecule has 0 radical (unpaired) electrons. The average Bonchev–Trinajstić information content (AvgIpc) is 3.17. The van der Waals surface area contributed by atoms with E-state index in [0.717, 1.165) is 57.8 Å². The molecule has 0 aliphatic rings. The zero-order valence-corrected chi connectivity index (χ0v) is 35.5. The molecule has 0 amide bonds. The summed E-state index contributed by atoms with van der Waals surface area (Å²) in [4.78, 5) is 34.8. The molecule has 0 aromatic rings. The largest absolute Gasteiger partial charge is 0.472 e. The number of phosphoric acid groups is 1. The minimum Gasteiger partial charge on any atom is -0.462 e. The molecule has 0 saturated carbocycles. The number of carbonyl (C=O) groups excluding carboxylic acids is 2. The predicted octanol–water partition coefficient (Wildman–Crippen LogP) is 12.3. The van der Waals surface area contributed by atoms with E-state index in [0.29, 0.717) is 12.8 Å². The molecule has 2 atom stereocenters. The Balaban J connectivity index is 4.19. The number of phosphoric ester groups is 1. The van der Waals surface area contributed by atoms with Gasteiger partial charge in [0.25, 0.3) is 0 Å². The first kappa shape index (κ1) is 52.5. The Hall–Kier alpha value is -2.55. The molecule has 0 saturated heterocycles. The molecular weight excluding hydrogens is 713 g/mol. The Kier molecular flexibility index (Phi) is 39.2. The van der Waals surface area contributed by atoms with Gasteiger partial charge in [0.2, 0.25) is 0 Å². The summed E-state index contributed by atoms with van der Waals surface area (Å²) in [6.45, 7) is 3.50. The number of allylic oxidation sites excluding steroid dienone is 12. The third-order valence-corrected chi connectivity index (χ3v) is 9.57. The molecule has 10 heteroatoms. The smallest absolute Gasteiger partial charge is 0.462 e. The summed E-state index contributed by atoms with van der Waals surface area (Å²) >= 11 is 0. The van der Waals surface area contributed by atoms with Crippen molar-refractivity contribution in [2.75, 3.05) is 26.4 Å². The number of ether oxygens (including phenoxy) is 2. The summed E-state index contributed by atoms with van der Waals surface area (Å²) in [5.41, 5.74) is 5.33. The fourth-order valence-corrected chi connectivity index (χ4v) is 6.21. The Labute approximate surface area is 335 Å². The number of hydrogen-bond acceptors (Lipinski definition) is 8. The molecule has 55 heavy (non-hydrogen) atoms. The summed E-state index contributed by atoms with van der Waals surface area (Å²) in [5, 5.41) is 0. The van der Waals surface area contributed by atoms with Crippen molar-refractivity contribution < 1.29 is 37.6 Å². The van der Waals surface area contributed by atoms with E-state index in [4.69, 9.17) is 24.3 Å². The summed E-state index contributed by atoms with van der Waals surface area (Å²) in [5.74, 6) is -0.933. The fourth-order valence-electron chi connectivity index (χ4n) is 5.44. The van der Waals surface area contributed by atoms with Gasteiger partial charge >= 0.3 is 19.8 Å². The predicted molar refractivity (Wildman–Crippen MR) is 229 cm³/mol. The molecule has 9 nitrogen and oxygen atoms in total. The first-order chi connectivity index (χ1) is 26.8. The van der Waals surface area contributed by atoms with Gasteiger partial charge in [0.05, 0.1) is 13.2 Å². The van der Waals surface area contributed by atoms with E-state index in [1.54, 1.807) is 0 Å². The lowest BCUT2D eigenvalue weighted by atomic mass is 10.1. The molecule has 0 heterocycles. The van der Waals surface area contributed by atoms with Crippen LogP contribution in [-0.4, -0.2) is 49.3 Å². The minimum atomic E-state index is -4.40. The number of hydrogen-bond donors (Lipinski definition) is 2. The molecule has 316 valence electrons. The van der Waals surface area contributed by atoms with Gasteiger partial charge in [0, 0.05) is 19.4 Å². The molecule has 3 N–H and O–H groups in total. The lowest BCUT2D eigenvalue weighted by molar-refractivity contribution is -0.161. The number of unbranched alkanes of at least 4 members (excludes halogenated alkanes) is 14. The third-order valence-electron chi connectivity index (χ3n) is 8.59. The monoisotopic (exact) mass is 792 g/mol. The van der Waals surface area contributed by atoms with Gasteiger partial charge in [0.15, 0.2) is 6.10 Å². The summed E-state index contributed by atoms with van der Waals surface area (Å²) in [6.07, 6.45) is 49.6. The van der Waals surface area contributed by atoms with E-state index in [-0.39, 0.29) is 32.6 Å². The number of nitrogens with two attached hydrogens (primary N) is 1. The van der Waals surface area contributed by atoms with E-state index in [9.17, 15) is 19.0 Å². The summed E-state index contributed by atoms with van der Waals surface area (Å²) < 4.78 is 32.6. The molecule has 0 bridgehead atoms. The lowest BCUT2D eigenvalue weighted by Gasteiger charge is -2.19. The summed E-state index contributed by atoms with van der Waals surface area (Å²) in [7, 11) is -4.40. The molecule has 0 aliphatic heterocycles. The van der Waals surface area contributed by atoms with E-state index in [2.05, 4.69) is 74.6 Å². The van der Waals surface area contributed by atoms with Crippen LogP contribution in [0.15, 0.2) is 72.9 Å². The van der Waals surface area contributed by atoms with Gasteiger partial charge in [-0.05, 0) is 70.6 Å². The maximum absolute atomic E-state index is 12.5. The standard InChI is InChI=1S/C45H78NO8P/c1-3-5-7-9-11-13-15-17-18-19-20-21-22-23-24-26-27-29-31-33-35-37-44(47)51-41-43(42-53-55(49,50)52-40-39-46)54-45(48)38-36-34-32-30-28-25-16-14-12-10-8-6-4-2/h6,8,12,14-15,17,19-20,25,28,32,34,43H,3-5,7,9-11,13,16,18,21-24,26-27,29-31,33,35-42,46H2,1-2H3,(H,49,50)/b8-6-,14-12-,17-15-,20-19-,28-25-,34-32-. The van der Waals surface area contributed by atoms with Crippen LogP contribution >= 0.6 is 7.82 Å². The first-order valence-electron chi connectivity index (χ1n) is 21.4. The molecule has 0 rings (SSSR count). The third kappa shape index (κ3) is 40.9. The average molecular weight is 792 g/mol. The topological polar surface area (TPSA) is 134 Å². The van der Waals surface area contributed by atoms with Crippen LogP contribution in [0.5, 0.6) is 0 Å². The molecule has 0 fully saturated rings. The highest BCUT2D eigenvalue weighted by Crippen LogP contribution is 2.43. The maximum Gasteiger partial charge on any atom is 0.472 e. The normalized spacial score (nSPS) is 14.0. The second-order valence-corrected chi connectivity index (χ2v) is 15.3. The van der Waals surface area contributed by atoms with Gasteiger partial charge < -0.3 is 20.1 Å². The van der Waals surface area contributed by atoms with Crippen molar-refractivity contribution in [3.05, 3.63) is 72.9 Å². The van der Waals surface area contributed by atoms with Crippen molar-refractivity contribution in [2.45, 2.75) is 174 Å². The Bertz CT molecular complexity index is 1130. The molecule has 0 aliphatic carbocycles. The van der Waals surface area contributed by atoms with Gasteiger partial charge in [-0.15, -0.1) is 0 Å². The minimum absolute atomic E-state index is 0.0389. The second-order valence-electron chi connectivity index (χ2n) is 13.8. The van der Waals surface area contributed by atoms with Crippen LogP contribution in [0, 0.1) is 0 Å². The Morgan fingerprint density at radius 2 is 1.04 bits per heavy atom. The van der Waals surface area contributed by atoms with Crippen LogP contribution in [0.25, 0.3) is 0 Å². The van der Waals surface area contributed by atoms with Gasteiger partial charge in [-0.1, -0.05) is 157 Å². The van der Waals surface area contributed by atoms with Crippen molar-refractivity contribution >= 4 is 19.8 Å². The van der Waals surface area contributed by atoms with Gasteiger partial charge in [-0.2, -0.15) is 0 Å². The van der Waals surface area contributed by atoms with Crippen molar-refractivity contribution in [3.8, 4) is 0 Å². The van der Waals surface area contributed by atoms with E-state index in [1.165, 1.54) is 70.6 Å². The summed E-state index contributed by atoms with van der Waals surface area (Å²) in [6, 6.07) is 0. The highest BCUT2D eigenvalue weighted by atomic mass is 31.2. The van der Waals surface area contributed by atoms with Crippen molar-refractivity contribution in [1.82, 2.24) is 0 Å². The van der Waals surface area contributed by atoms with E-state index in [1.807, 2.05) is 12.2 Å². The molecule has 0 spiro atoms. The lowest BCUT2D eigenvalue weighted by Crippen LogP contribution is -2.29. The van der Waals surface area contributed by atoms with Crippen LogP contribution < -0.4 is 5.73 Å². The zero-order valence-electron chi connectivity index (χ0n) is 34.6. The SMILES string of the molecule is CC/C=C\C/C=C\C/C=C\C/C=C\CCC(=O)OC(COC(=O)CCCCCCCCCCC/C=C\C/C=C\CCCCCCC)COP(=O)(O)OCCN. The number of carbonyl (C=O) groups is 2. The molecule has 0 aromatic carbocycles. The molecule has 2 unspecified atom stereocenters. The second kappa shape index (κ2) is 41.1. The van der Waals surface area contributed by atoms with Crippen molar-refractivity contribution in [2.24, 2.45) is 5.73 Å². The quantitative estimate of drug-likeness (QED) is 0.0270. The fraction of sp³-hybridized carbons (Fsp3) is 0.689.